The van der Waals surface area contributed by atoms with Crippen LogP contribution >= 0.6 is 0 Å². The second-order valence-electron chi connectivity index (χ2n) is 6.78. The summed E-state index contributed by atoms with van der Waals surface area (Å²) in [6.45, 7) is 6.04. The average molecular weight is 356 g/mol. The Labute approximate surface area is 157 Å². The van der Waals surface area contributed by atoms with E-state index in [0.717, 1.165) is 33.9 Å². The Morgan fingerprint density at radius 3 is 2.59 bits per heavy atom. The van der Waals surface area contributed by atoms with Crippen LogP contribution in [-0.4, -0.2) is 14.7 Å². The molecule has 2 aromatic heterocycles. The van der Waals surface area contributed by atoms with E-state index in [1.54, 1.807) is 0 Å². The number of hydrogen-bond donors (Lipinski definition) is 0. The first kappa shape index (κ1) is 17.0. The molecule has 27 heavy (non-hydrogen) atoms. The minimum absolute atomic E-state index is 0.0839. The summed E-state index contributed by atoms with van der Waals surface area (Å²) >= 11 is 0. The van der Waals surface area contributed by atoms with E-state index in [1.807, 2.05) is 50.2 Å². The Morgan fingerprint density at radius 2 is 1.93 bits per heavy atom. The van der Waals surface area contributed by atoms with Crippen molar-refractivity contribution in [2.45, 2.75) is 33.2 Å². The van der Waals surface area contributed by atoms with Crippen molar-refractivity contribution in [3.8, 4) is 6.07 Å². The number of nitriles is 1. The molecular formula is C22H20N4O. The molecule has 134 valence electrons. The Balaban J connectivity index is 1.91. The molecule has 0 bridgehead atoms. The van der Waals surface area contributed by atoms with E-state index in [2.05, 4.69) is 34.8 Å². The molecule has 2 heterocycles. The van der Waals surface area contributed by atoms with Crippen LogP contribution in [0.3, 0.4) is 0 Å². The monoisotopic (exact) mass is 356 g/mol. The van der Waals surface area contributed by atoms with Crippen molar-refractivity contribution in [3.05, 3.63) is 82.5 Å². The van der Waals surface area contributed by atoms with Crippen LogP contribution in [0.2, 0.25) is 0 Å². The van der Waals surface area contributed by atoms with Crippen molar-refractivity contribution < 1.29 is 4.52 Å². The molecule has 2 aromatic carbocycles. The predicted octanol–water partition coefficient (Wildman–Crippen LogP) is 4.71. The number of fused-ring (bicyclic) bond motifs is 1. The van der Waals surface area contributed by atoms with Gasteiger partial charge in [0.15, 0.2) is 0 Å². The van der Waals surface area contributed by atoms with Crippen LogP contribution in [-0.2, 0) is 6.42 Å². The van der Waals surface area contributed by atoms with E-state index in [4.69, 9.17) is 9.51 Å². The third kappa shape index (κ3) is 3.00. The molecule has 0 saturated heterocycles. The summed E-state index contributed by atoms with van der Waals surface area (Å²) in [7, 11) is 0. The molecule has 0 radical (unpaired) electrons. The normalized spacial score (nSPS) is 12.2. The van der Waals surface area contributed by atoms with E-state index < -0.39 is 0 Å². The number of rotatable bonds is 4. The molecular weight excluding hydrogens is 336 g/mol. The first-order valence-electron chi connectivity index (χ1n) is 8.96. The Kier molecular flexibility index (Phi) is 4.25. The van der Waals surface area contributed by atoms with E-state index in [-0.39, 0.29) is 6.04 Å². The van der Waals surface area contributed by atoms with Crippen LogP contribution in [0.1, 0.15) is 46.9 Å². The largest absolute Gasteiger partial charge is 0.361 e. The van der Waals surface area contributed by atoms with Crippen LogP contribution in [0.5, 0.6) is 0 Å². The van der Waals surface area contributed by atoms with Gasteiger partial charge in [0.2, 0.25) is 0 Å². The smallest absolute Gasteiger partial charge is 0.137 e. The number of aromatic nitrogens is 3. The van der Waals surface area contributed by atoms with Crippen molar-refractivity contribution in [1.82, 2.24) is 14.7 Å². The summed E-state index contributed by atoms with van der Waals surface area (Å²) in [5.74, 6) is 1.75. The van der Waals surface area contributed by atoms with Crippen LogP contribution < -0.4 is 0 Å². The van der Waals surface area contributed by atoms with Gasteiger partial charge in [0, 0.05) is 12.0 Å². The lowest BCUT2D eigenvalue weighted by atomic mass is 10.1. The third-order valence-electron chi connectivity index (χ3n) is 5.08. The quantitative estimate of drug-likeness (QED) is 0.531. The first-order chi connectivity index (χ1) is 13.1. The molecule has 0 saturated carbocycles. The molecule has 4 aromatic rings. The summed E-state index contributed by atoms with van der Waals surface area (Å²) in [6.07, 6.45) is 0.634. The number of imidazole rings is 1. The molecule has 0 N–H and O–H groups in total. The summed E-state index contributed by atoms with van der Waals surface area (Å²) in [5, 5.41) is 13.4. The molecule has 0 spiro atoms. The van der Waals surface area contributed by atoms with Crippen molar-refractivity contribution >= 4 is 11.0 Å². The molecule has 0 aliphatic carbocycles. The van der Waals surface area contributed by atoms with Crippen LogP contribution in [0, 0.1) is 25.2 Å². The maximum Gasteiger partial charge on any atom is 0.137 e. The SMILES string of the molecule is Cc1noc(C)c1Cc1nc2ccc(C#N)cc2n1[C@@H](C)c1ccccc1. The second-order valence-corrected chi connectivity index (χ2v) is 6.78. The zero-order valence-electron chi connectivity index (χ0n) is 15.6. The maximum absolute atomic E-state index is 9.33. The molecule has 0 unspecified atom stereocenters. The Bertz CT molecular complexity index is 1130. The van der Waals surface area contributed by atoms with Crippen LogP contribution in [0.25, 0.3) is 11.0 Å². The fourth-order valence-electron chi connectivity index (χ4n) is 3.56. The molecule has 5 heteroatoms. The lowest BCUT2D eigenvalue weighted by molar-refractivity contribution is 0.392. The number of aryl methyl sites for hydroxylation is 2. The summed E-state index contributed by atoms with van der Waals surface area (Å²) in [5.41, 5.74) is 5.63. The molecule has 4 rings (SSSR count). The number of nitrogens with zero attached hydrogens (tertiary/aromatic N) is 4. The summed E-state index contributed by atoms with van der Waals surface area (Å²) in [6, 6.07) is 18.3. The number of hydrogen-bond acceptors (Lipinski definition) is 4. The van der Waals surface area contributed by atoms with Crippen molar-refractivity contribution in [2.24, 2.45) is 0 Å². The minimum Gasteiger partial charge on any atom is -0.361 e. The summed E-state index contributed by atoms with van der Waals surface area (Å²) < 4.78 is 7.55. The minimum atomic E-state index is 0.0839. The van der Waals surface area contributed by atoms with Crippen molar-refractivity contribution in [1.29, 1.82) is 5.26 Å². The van der Waals surface area contributed by atoms with Crippen molar-refractivity contribution in [3.63, 3.8) is 0 Å². The second kappa shape index (κ2) is 6.73. The van der Waals surface area contributed by atoms with Gasteiger partial charge >= 0.3 is 0 Å². The fraction of sp³-hybridized carbons (Fsp3) is 0.227. The highest BCUT2D eigenvalue weighted by molar-refractivity contribution is 5.78. The van der Waals surface area contributed by atoms with Gasteiger partial charge in [0.1, 0.15) is 11.6 Å². The predicted molar refractivity (Wildman–Crippen MR) is 103 cm³/mol. The van der Waals surface area contributed by atoms with Gasteiger partial charge in [-0.05, 0) is 44.5 Å². The van der Waals surface area contributed by atoms with Gasteiger partial charge in [-0.15, -0.1) is 0 Å². The van der Waals surface area contributed by atoms with E-state index in [0.29, 0.717) is 12.0 Å². The first-order valence-corrected chi connectivity index (χ1v) is 8.96. The zero-order chi connectivity index (χ0) is 19.0. The fourth-order valence-corrected chi connectivity index (χ4v) is 3.56. The average Bonchev–Trinajstić information content (AvgIpc) is 3.22. The highest BCUT2D eigenvalue weighted by Crippen LogP contribution is 2.29. The topological polar surface area (TPSA) is 67.6 Å². The summed E-state index contributed by atoms with van der Waals surface area (Å²) in [4.78, 5) is 4.88. The van der Waals surface area contributed by atoms with E-state index in [9.17, 15) is 5.26 Å². The maximum atomic E-state index is 9.33. The molecule has 0 fully saturated rings. The zero-order valence-corrected chi connectivity index (χ0v) is 15.6. The highest BCUT2D eigenvalue weighted by atomic mass is 16.5. The van der Waals surface area contributed by atoms with E-state index >= 15 is 0 Å². The van der Waals surface area contributed by atoms with E-state index in [1.165, 1.54) is 5.56 Å². The van der Waals surface area contributed by atoms with Gasteiger partial charge in [-0.1, -0.05) is 35.5 Å². The molecule has 1 atom stereocenters. The standard InChI is InChI=1S/C22H20N4O/c1-14-19(16(3)27-25-14)12-22-24-20-10-9-17(13-23)11-21(20)26(22)15(2)18-7-5-4-6-8-18/h4-11,15H,12H2,1-3H3/t15-/m0/s1. The molecule has 5 nitrogen and oxygen atoms in total. The molecule has 0 amide bonds. The lowest BCUT2D eigenvalue weighted by Gasteiger charge is -2.18. The van der Waals surface area contributed by atoms with Gasteiger partial charge < -0.3 is 9.09 Å². The molecule has 0 aliphatic rings. The third-order valence-corrected chi connectivity index (χ3v) is 5.08. The van der Waals surface area contributed by atoms with Gasteiger partial charge in [-0.2, -0.15) is 5.26 Å². The van der Waals surface area contributed by atoms with Gasteiger partial charge in [0.25, 0.3) is 0 Å². The van der Waals surface area contributed by atoms with Gasteiger partial charge in [0.05, 0.1) is 34.4 Å². The van der Waals surface area contributed by atoms with Gasteiger partial charge in [-0.25, -0.2) is 4.98 Å². The van der Waals surface area contributed by atoms with Gasteiger partial charge in [-0.3, -0.25) is 0 Å². The highest BCUT2D eigenvalue weighted by Gasteiger charge is 2.20. The molecule has 0 aliphatic heterocycles. The lowest BCUT2D eigenvalue weighted by Crippen LogP contribution is -2.11. The number of benzene rings is 2. The Morgan fingerprint density at radius 1 is 1.15 bits per heavy atom. The van der Waals surface area contributed by atoms with Crippen LogP contribution in [0.15, 0.2) is 53.1 Å². The van der Waals surface area contributed by atoms with Crippen molar-refractivity contribution in [2.75, 3.05) is 0 Å². The van der Waals surface area contributed by atoms with Crippen LogP contribution in [0.4, 0.5) is 0 Å². The Hall–Kier alpha value is -3.39.